The van der Waals surface area contributed by atoms with E-state index in [0.29, 0.717) is 40.7 Å². The van der Waals surface area contributed by atoms with Crippen LogP contribution in [0.3, 0.4) is 0 Å². The maximum absolute atomic E-state index is 12.9. The van der Waals surface area contributed by atoms with Gasteiger partial charge in [-0.05, 0) is 73.0 Å². The summed E-state index contributed by atoms with van der Waals surface area (Å²) in [4.78, 5) is 39.1. The lowest BCUT2D eigenvalue weighted by molar-refractivity contribution is -0.113. The number of ether oxygens (including phenoxy) is 2. The number of aryl methyl sites for hydroxylation is 1. The van der Waals surface area contributed by atoms with Gasteiger partial charge in [-0.1, -0.05) is 30.3 Å². The molecular weight excluding hydrogens is 488 g/mol. The van der Waals surface area contributed by atoms with Gasteiger partial charge < -0.3 is 14.8 Å². The minimum atomic E-state index is -0.319. The standard InChI is InChI=1S/C29H28N2O5S/c32-27(19-37-16-14-20-5-2-1-3-6-20)30-21-8-10-22(11-9-21)36-23-12-13-25-26(17-23)29(34)31(28(25)33)18-24-7-4-15-35-24/h1-3,5-6,8-13,17,24H,4,7,14-16,18-19H2,(H,30,32). The fraction of sp³-hybridized carbons (Fsp3) is 0.276. The molecule has 1 unspecified atom stereocenters. The highest BCUT2D eigenvalue weighted by Gasteiger charge is 2.37. The number of rotatable bonds is 10. The zero-order valence-electron chi connectivity index (χ0n) is 20.4. The van der Waals surface area contributed by atoms with Crippen molar-refractivity contribution in [1.29, 1.82) is 0 Å². The second-order valence-corrected chi connectivity index (χ2v) is 10.1. The predicted octanol–water partition coefficient (Wildman–Crippen LogP) is 5.17. The molecule has 2 aliphatic rings. The van der Waals surface area contributed by atoms with E-state index in [1.165, 1.54) is 10.5 Å². The monoisotopic (exact) mass is 516 g/mol. The predicted molar refractivity (Wildman–Crippen MR) is 143 cm³/mol. The molecular formula is C29H28N2O5S. The maximum atomic E-state index is 12.9. The fourth-order valence-electron chi connectivity index (χ4n) is 4.43. The molecule has 1 saturated heterocycles. The number of carbonyl (C=O) groups excluding carboxylic acids is 3. The van der Waals surface area contributed by atoms with Crippen molar-refractivity contribution in [2.45, 2.75) is 25.4 Å². The second-order valence-electron chi connectivity index (χ2n) is 9.03. The quantitative estimate of drug-likeness (QED) is 0.296. The Balaban J connectivity index is 1.12. The summed E-state index contributed by atoms with van der Waals surface area (Å²) in [5, 5.41) is 2.90. The SMILES string of the molecule is O=C(CSCCc1ccccc1)Nc1ccc(Oc2ccc3c(c2)C(=O)N(CC2CCCO2)C3=O)cc1. The van der Waals surface area contributed by atoms with E-state index in [-0.39, 0.29) is 30.4 Å². The normalized spacial score (nSPS) is 16.6. The number of hydrogen-bond donors (Lipinski definition) is 1. The van der Waals surface area contributed by atoms with Gasteiger partial charge in [-0.3, -0.25) is 19.3 Å². The number of amides is 3. The van der Waals surface area contributed by atoms with Crippen LogP contribution in [0.15, 0.2) is 72.8 Å². The molecule has 2 aliphatic heterocycles. The van der Waals surface area contributed by atoms with Gasteiger partial charge in [0.05, 0.1) is 29.5 Å². The zero-order chi connectivity index (χ0) is 25.6. The summed E-state index contributed by atoms with van der Waals surface area (Å²) in [6.45, 7) is 0.948. The van der Waals surface area contributed by atoms with Crippen LogP contribution in [0.25, 0.3) is 0 Å². The average molecular weight is 517 g/mol. The average Bonchev–Trinajstić information content (AvgIpc) is 3.51. The van der Waals surface area contributed by atoms with E-state index in [2.05, 4.69) is 17.4 Å². The number of thioether (sulfide) groups is 1. The molecule has 37 heavy (non-hydrogen) atoms. The summed E-state index contributed by atoms with van der Waals surface area (Å²) < 4.78 is 11.5. The van der Waals surface area contributed by atoms with Crippen molar-refractivity contribution in [2.75, 3.05) is 30.0 Å². The molecule has 7 nitrogen and oxygen atoms in total. The highest BCUT2D eigenvalue weighted by Crippen LogP contribution is 2.31. The minimum Gasteiger partial charge on any atom is -0.457 e. The molecule has 3 aromatic rings. The van der Waals surface area contributed by atoms with Gasteiger partial charge in [0, 0.05) is 12.3 Å². The molecule has 5 rings (SSSR count). The summed E-state index contributed by atoms with van der Waals surface area (Å²) in [5.41, 5.74) is 2.67. The van der Waals surface area contributed by atoms with E-state index in [1.54, 1.807) is 54.2 Å². The lowest BCUT2D eigenvalue weighted by atomic mass is 10.1. The van der Waals surface area contributed by atoms with Crippen LogP contribution in [0.2, 0.25) is 0 Å². The third-order valence-electron chi connectivity index (χ3n) is 6.34. The lowest BCUT2D eigenvalue weighted by Crippen LogP contribution is -2.36. The molecule has 1 fully saturated rings. The third-order valence-corrected chi connectivity index (χ3v) is 7.30. The van der Waals surface area contributed by atoms with Crippen molar-refractivity contribution in [1.82, 2.24) is 4.90 Å². The largest absolute Gasteiger partial charge is 0.457 e. The van der Waals surface area contributed by atoms with Crippen LogP contribution in [-0.4, -0.2) is 53.4 Å². The fourth-order valence-corrected chi connectivity index (χ4v) is 5.21. The summed E-state index contributed by atoms with van der Waals surface area (Å²) in [6, 6.07) is 22.2. The molecule has 8 heteroatoms. The second kappa shape index (κ2) is 11.6. The smallest absolute Gasteiger partial charge is 0.261 e. The van der Waals surface area contributed by atoms with Crippen LogP contribution in [0.4, 0.5) is 5.69 Å². The third kappa shape index (κ3) is 6.21. The van der Waals surface area contributed by atoms with Gasteiger partial charge in [0.2, 0.25) is 5.91 Å². The van der Waals surface area contributed by atoms with Crippen LogP contribution in [0, 0.1) is 0 Å². The Morgan fingerprint density at radius 1 is 0.973 bits per heavy atom. The number of hydrogen-bond acceptors (Lipinski definition) is 6. The van der Waals surface area contributed by atoms with Crippen molar-refractivity contribution in [2.24, 2.45) is 0 Å². The number of benzene rings is 3. The number of anilines is 1. The molecule has 0 saturated carbocycles. The Kier molecular flexibility index (Phi) is 7.87. The molecule has 0 aromatic heterocycles. The Morgan fingerprint density at radius 3 is 2.49 bits per heavy atom. The van der Waals surface area contributed by atoms with Crippen LogP contribution in [-0.2, 0) is 16.0 Å². The van der Waals surface area contributed by atoms with Crippen molar-refractivity contribution < 1.29 is 23.9 Å². The number of imide groups is 1. The number of nitrogens with one attached hydrogen (secondary N) is 1. The van der Waals surface area contributed by atoms with E-state index in [9.17, 15) is 14.4 Å². The van der Waals surface area contributed by atoms with Crippen LogP contribution < -0.4 is 10.1 Å². The first-order valence-corrected chi connectivity index (χ1v) is 13.5. The van der Waals surface area contributed by atoms with Crippen molar-refractivity contribution >= 4 is 35.2 Å². The molecule has 0 radical (unpaired) electrons. The summed E-state index contributed by atoms with van der Waals surface area (Å²) in [7, 11) is 0. The van der Waals surface area contributed by atoms with Crippen LogP contribution in [0.5, 0.6) is 11.5 Å². The summed E-state index contributed by atoms with van der Waals surface area (Å²) in [6.07, 6.45) is 2.64. The topological polar surface area (TPSA) is 84.9 Å². The minimum absolute atomic E-state index is 0.0545. The zero-order valence-corrected chi connectivity index (χ0v) is 21.2. The van der Waals surface area contributed by atoms with Gasteiger partial charge in [0.1, 0.15) is 11.5 Å². The Morgan fingerprint density at radius 2 is 1.73 bits per heavy atom. The highest BCUT2D eigenvalue weighted by atomic mass is 32.2. The van der Waals surface area contributed by atoms with E-state index < -0.39 is 0 Å². The Labute approximate surface area is 220 Å². The van der Waals surface area contributed by atoms with Crippen LogP contribution >= 0.6 is 11.8 Å². The maximum Gasteiger partial charge on any atom is 0.261 e. The summed E-state index contributed by atoms with van der Waals surface area (Å²) >= 11 is 1.60. The highest BCUT2D eigenvalue weighted by molar-refractivity contribution is 7.99. The van der Waals surface area contributed by atoms with Gasteiger partial charge in [0.25, 0.3) is 11.8 Å². The molecule has 3 amide bonds. The van der Waals surface area contributed by atoms with Gasteiger partial charge in [-0.2, -0.15) is 11.8 Å². The first-order valence-electron chi connectivity index (χ1n) is 12.4. The van der Waals surface area contributed by atoms with Gasteiger partial charge in [-0.15, -0.1) is 0 Å². The van der Waals surface area contributed by atoms with E-state index >= 15 is 0 Å². The van der Waals surface area contributed by atoms with Crippen molar-refractivity contribution in [3.63, 3.8) is 0 Å². The van der Waals surface area contributed by atoms with E-state index in [0.717, 1.165) is 25.0 Å². The van der Waals surface area contributed by atoms with Crippen molar-refractivity contribution in [3.05, 3.63) is 89.5 Å². The first-order chi connectivity index (χ1) is 18.1. The number of fused-ring (bicyclic) bond motifs is 1. The van der Waals surface area contributed by atoms with Crippen molar-refractivity contribution in [3.8, 4) is 11.5 Å². The molecule has 0 aliphatic carbocycles. The van der Waals surface area contributed by atoms with Gasteiger partial charge >= 0.3 is 0 Å². The number of nitrogens with zero attached hydrogens (tertiary/aromatic N) is 1. The molecule has 3 aromatic carbocycles. The Hall–Kier alpha value is -3.62. The molecule has 0 bridgehead atoms. The first kappa shape index (κ1) is 25.0. The van der Waals surface area contributed by atoms with Gasteiger partial charge in [-0.25, -0.2) is 0 Å². The van der Waals surface area contributed by atoms with Gasteiger partial charge in [0.15, 0.2) is 0 Å². The lowest BCUT2D eigenvalue weighted by Gasteiger charge is -2.17. The number of carbonyl (C=O) groups is 3. The molecule has 0 spiro atoms. The molecule has 1 N–H and O–H groups in total. The van der Waals surface area contributed by atoms with E-state index in [1.807, 2.05) is 18.2 Å². The van der Waals surface area contributed by atoms with Crippen LogP contribution in [0.1, 0.15) is 39.1 Å². The summed E-state index contributed by atoms with van der Waals surface area (Å²) in [5.74, 6) is 1.62. The molecule has 1 atom stereocenters. The van der Waals surface area contributed by atoms with E-state index in [4.69, 9.17) is 9.47 Å². The molecule has 190 valence electrons. The molecule has 2 heterocycles. The Bertz CT molecular complexity index is 1270.